The summed E-state index contributed by atoms with van der Waals surface area (Å²) in [6.45, 7) is 10.9. The third-order valence-electron chi connectivity index (χ3n) is 3.10. The number of hydrogen-bond acceptors (Lipinski definition) is 3. The molecule has 1 atom stereocenters. The number of benzene rings is 1. The first-order chi connectivity index (χ1) is 9.81. The van der Waals surface area contributed by atoms with Gasteiger partial charge in [-0.2, -0.15) is 0 Å². The number of carbonyl (C=O) groups excluding carboxylic acids is 1. The summed E-state index contributed by atoms with van der Waals surface area (Å²) in [7, 11) is 0. The van der Waals surface area contributed by atoms with Gasteiger partial charge in [0.25, 0.3) is 5.91 Å². The van der Waals surface area contributed by atoms with Crippen LogP contribution in [-0.2, 0) is 11.3 Å². The zero-order chi connectivity index (χ0) is 15.9. The van der Waals surface area contributed by atoms with Crippen molar-refractivity contribution in [1.82, 2.24) is 10.6 Å². The standard InChI is InChI=1S/C17H28N2O2.ClH/c1-6-13(2)18-11-14-9-7-8-10-15(14)21-12-16(20)19-17(3,4)5;/h7-10,13,18H,6,11-12H2,1-5H3,(H,19,20);1H. The van der Waals surface area contributed by atoms with Gasteiger partial charge in [0.15, 0.2) is 6.61 Å². The Morgan fingerprint density at radius 2 is 1.91 bits per heavy atom. The molecule has 22 heavy (non-hydrogen) atoms. The van der Waals surface area contributed by atoms with E-state index in [4.69, 9.17) is 4.74 Å². The van der Waals surface area contributed by atoms with Gasteiger partial charge in [0.2, 0.25) is 0 Å². The number of nitrogens with one attached hydrogen (secondary N) is 2. The lowest BCUT2D eigenvalue weighted by molar-refractivity contribution is -0.124. The molecule has 0 aliphatic carbocycles. The minimum absolute atomic E-state index is 0. The highest BCUT2D eigenvalue weighted by molar-refractivity contribution is 5.85. The Hall–Kier alpha value is -1.26. The van der Waals surface area contributed by atoms with Crippen molar-refractivity contribution in [2.24, 2.45) is 0 Å². The monoisotopic (exact) mass is 328 g/mol. The van der Waals surface area contributed by atoms with Crippen LogP contribution >= 0.6 is 12.4 Å². The van der Waals surface area contributed by atoms with E-state index in [0.29, 0.717) is 6.04 Å². The Morgan fingerprint density at radius 1 is 1.27 bits per heavy atom. The second-order valence-corrected chi connectivity index (χ2v) is 6.38. The van der Waals surface area contributed by atoms with E-state index in [9.17, 15) is 4.79 Å². The fourth-order valence-corrected chi connectivity index (χ4v) is 1.82. The molecule has 0 radical (unpaired) electrons. The smallest absolute Gasteiger partial charge is 0.258 e. The third-order valence-corrected chi connectivity index (χ3v) is 3.10. The molecule has 0 saturated heterocycles. The molecule has 0 aliphatic rings. The lowest BCUT2D eigenvalue weighted by Crippen LogP contribution is -2.43. The van der Waals surface area contributed by atoms with E-state index in [1.165, 1.54) is 0 Å². The van der Waals surface area contributed by atoms with Gasteiger partial charge in [0.05, 0.1) is 0 Å². The summed E-state index contributed by atoms with van der Waals surface area (Å²) in [5, 5.41) is 6.32. The molecule has 1 rings (SSSR count). The van der Waals surface area contributed by atoms with Crippen LogP contribution in [0.2, 0.25) is 0 Å². The molecule has 126 valence electrons. The van der Waals surface area contributed by atoms with Crippen LogP contribution in [0.4, 0.5) is 0 Å². The van der Waals surface area contributed by atoms with Crippen molar-refractivity contribution in [3.63, 3.8) is 0 Å². The molecule has 4 nitrogen and oxygen atoms in total. The van der Waals surface area contributed by atoms with E-state index in [0.717, 1.165) is 24.3 Å². The van der Waals surface area contributed by atoms with Crippen LogP contribution < -0.4 is 15.4 Å². The third kappa shape index (κ3) is 8.25. The van der Waals surface area contributed by atoms with E-state index in [1.807, 2.05) is 45.0 Å². The predicted octanol–water partition coefficient (Wildman–Crippen LogP) is 3.29. The fourth-order valence-electron chi connectivity index (χ4n) is 1.82. The van der Waals surface area contributed by atoms with Gasteiger partial charge in [-0.25, -0.2) is 0 Å². The molecule has 1 aromatic carbocycles. The summed E-state index contributed by atoms with van der Waals surface area (Å²) in [4.78, 5) is 11.8. The van der Waals surface area contributed by atoms with Crippen molar-refractivity contribution in [3.8, 4) is 5.75 Å². The lowest BCUT2D eigenvalue weighted by Gasteiger charge is -2.21. The van der Waals surface area contributed by atoms with Gasteiger partial charge >= 0.3 is 0 Å². The molecule has 1 aromatic rings. The zero-order valence-corrected chi connectivity index (χ0v) is 15.0. The molecule has 0 aromatic heterocycles. The quantitative estimate of drug-likeness (QED) is 0.807. The molecule has 0 fully saturated rings. The van der Waals surface area contributed by atoms with Gasteiger partial charge in [-0.1, -0.05) is 25.1 Å². The van der Waals surface area contributed by atoms with E-state index in [-0.39, 0.29) is 30.5 Å². The Bertz CT molecular complexity index is 458. The largest absolute Gasteiger partial charge is 0.483 e. The summed E-state index contributed by atoms with van der Waals surface area (Å²) in [6.07, 6.45) is 1.08. The van der Waals surface area contributed by atoms with E-state index >= 15 is 0 Å². The van der Waals surface area contributed by atoms with Gasteiger partial charge in [-0.05, 0) is 40.2 Å². The highest BCUT2D eigenvalue weighted by atomic mass is 35.5. The molecule has 5 heteroatoms. The molecule has 0 spiro atoms. The second kappa shape index (κ2) is 9.70. The SMILES string of the molecule is CCC(C)NCc1ccccc1OCC(=O)NC(C)(C)C.Cl. The molecule has 0 aliphatic heterocycles. The molecule has 0 saturated carbocycles. The average molecular weight is 329 g/mol. The normalized spacial score (nSPS) is 12.2. The van der Waals surface area contributed by atoms with Crippen LogP contribution in [0.5, 0.6) is 5.75 Å². The minimum Gasteiger partial charge on any atom is -0.483 e. The highest BCUT2D eigenvalue weighted by Crippen LogP contribution is 2.18. The predicted molar refractivity (Wildman–Crippen MR) is 93.7 cm³/mol. The van der Waals surface area contributed by atoms with Gasteiger partial charge in [0.1, 0.15) is 5.75 Å². The van der Waals surface area contributed by atoms with E-state index in [2.05, 4.69) is 24.5 Å². The number of rotatable bonds is 7. The van der Waals surface area contributed by atoms with Gasteiger partial charge in [-0.15, -0.1) is 12.4 Å². The molecular weight excluding hydrogens is 300 g/mol. The first-order valence-electron chi connectivity index (χ1n) is 7.57. The van der Waals surface area contributed by atoms with Crippen LogP contribution in [0, 0.1) is 0 Å². The number of para-hydroxylation sites is 1. The van der Waals surface area contributed by atoms with Crippen molar-refractivity contribution in [3.05, 3.63) is 29.8 Å². The van der Waals surface area contributed by atoms with Gasteiger partial charge in [-0.3, -0.25) is 4.79 Å². The summed E-state index contributed by atoms with van der Waals surface area (Å²) >= 11 is 0. The minimum atomic E-state index is -0.238. The van der Waals surface area contributed by atoms with Crippen LogP contribution in [0.3, 0.4) is 0 Å². The second-order valence-electron chi connectivity index (χ2n) is 6.38. The first-order valence-corrected chi connectivity index (χ1v) is 7.57. The summed E-state index contributed by atoms with van der Waals surface area (Å²) < 4.78 is 5.66. The van der Waals surface area contributed by atoms with Crippen molar-refractivity contribution in [2.45, 2.75) is 59.2 Å². The lowest BCUT2D eigenvalue weighted by atomic mass is 10.1. The maximum atomic E-state index is 11.8. The van der Waals surface area contributed by atoms with E-state index in [1.54, 1.807) is 0 Å². The Labute approximate surface area is 140 Å². The summed E-state index contributed by atoms with van der Waals surface area (Å²) in [5.41, 5.74) is 0.833. The maximum absolute atomic E-state index is 11.8. The molecule has 0 bridgehead atoms. The van der Waals surface area contributed by atoms with Crippen LogP contribution in [-0.4, -0.2) is 24.1 Å². The number of amides is 1. The number of ether oxygens (including phenoxy) is 1. The van der Waals surface area contributed by atoms with Crippen molar-refractivity contribution < 1.29 is 9.53 Å². The molecule has 2 N–H and O–H groups in total. The van der Waals surface area contributed by atoms with Crippen LogP contribution in [0.25, 0.3) is 0 Å². The summed E-state index contributed by atoms with van der Waals surface area (Å²) in [5.74, 6) is 0.657. The van der Waals surface area contributed by atoms with Gasteiger partial charge in [0, 0.05) is 23.7 Å². The molecule has 1 unspecified atom stereocenters. The highest BCUT2D eigenvalue weighted by Gasteiger charge is 2.14. The Balaban J connectivity index is 0.00000441. The number of carbonyl (C=O) groups is 1. The molecule has 1 amide bonds. The van der Waals surface area contributed by atoms with Crippen molar-refractivity contribution in [1.29, 1.82) is 0 Å². The van der Waals surface area contributed by atoms with Crippen LogP contribution in [0.15, 0.2) is 24.3 Å². The fraction of sp³-hybridized carbons (Fsp3) is 0.588. The van der Waals surface area contributed by atoms with Crippen molar-refractivity contribution in [2.75, 3.05) is 6.61 Å². The van der Waals surface area contributed by atoms with Crippen molar-refractivity contribution >= 4 is 18.3 Å². The topological polar surface area (TPSA) is 50.4 Å². The molecular formula is C17H29ClN2O2. The Morgan fingerprint density at radius 3 is 2.50 bits per heavy atom. The average Bonchev–Trinajstić information content (AvgIpc) is 2.41. The maximum Gasteiger partial charge on any atom is 0.258 e. The Kier molecular flexibility index (Phi) is 9.14. The molecule has 0 heterocycles. The van der Waals surface area contributed by atoms with Crippen LogP contribution in [0.1, 0.15) is 46.6 Å². The number of hydrogen-bond donors (Lipinski definition) is 2. The number of halogens is 1. The van der Waals surface area contributed by atoms with E-state index < -0.39 is 0 Å². The summed E-state index contributed by atoms with van der Waals surface area (Å²) in [6, 6.07) is 8.28. The first kappa shape index (κ1) is 20.7. The zero-order valence-electron chi connectivity index (χ0n) is 14.2. The van der Waals surface area contributed by atoms with Gasteiger partial charge < -0.3 is 15.4 Å².